The van der Waals surface area contributed by atoms with Crippen LogP contribution in [0.4, 0.5) is 0 Å². The number of rotatable bonds is 3. The molecule has 0 fully saturated rings. The Bertz CT molecular complexity index is 371. The lowest BCUT2D eigenvalue weighted by Gasteiger charge is -2.07. The van der Waals surface area contributed by atoms with E-state index in [0.29, 0.717) is 6.42 Å². The molecule has 0 spiro atoms. The minimum Gasteiger partial charge on any atom is -0.386 e. The Labute approximate surface area is 86.9 Å². The van der Waals surface area contributed by atoms with Crippen molar-refractivity contribution < 1.29 is 5.11 Å². The van der Waals surface area contributed by atoms with Gasteiger partial charge in [-0.25, -0.2) is 0 Å². The van der Waals surface area contributed by atoms with Crippen LogP contribution in [0.3, 0.4) is 0 Å². The first-order valence-corrected chi connectivity index (χ1v) is 5.40. The maximum Gasteiger partial charge on any atom is 0.1000 e. The first-order valence-electron chi connectivity index (χ1n) is 4.46. The third kappa shape index (κ3) is 2.19. The average molecular weight is 205 g/mol. The van der Waals surface area contributed by atoms with Crippen LogP contribution in [0.1, 0.15) is 17.4 Å². The predicted molar refractivity (Wildman–Crippen MR) is 57.2 cm³/mol. The van der Waals surface area contributed by atoms with Gasteiger partial charge in [0.15, 0.2) is 0 Å². The second kappa shape index (κ2) is 4.35. The summed E-state index contributed by atoms with van der Waals surface area (Å²) in [5.41, 5.74) is 1.90. The summed E-state index contributed by atoms with van der Waals surface area (Å²) in [6.45, 7) is 0. The van der Waals surface area contributed by atoms with E-state index in [1.807, 2.05) is 35.0 Å². The summed E-state index contributed by atoms with van der Waals surface area (Å²) in [6.07, 6.45) is 1.85. The lowest BCUT2D eigenvalue weighted by atomic mass is 10.1. The molecule has 2 nitrogen and oxygen atoms in total. The second-order valence-corrected chi connectivity index (χ2v) is 3.89. The van der Waals surface area contributed by atoms with E-state index >= 15 is 0 Å². The van der Waals surface area contributed by atoms with Crippen LogP contribution >= 0.6 is 11.3 Å². The van der Waals surface area contributed by atoms with E-state index in [0.717, 1.165) is 11.3 Å². The Morgan fingerprint density at radius 1 is 1.36 bits per heavy atom. The summed E-state index contributed by atoms with van der Waals surface area (Å²) in [7, 11) is 0. The van der Waals surface area contributed by atoms with Gasteiger partial charge in [0, 0.05) is 12.6 Å². The number of thiophene rings is 1. The van der Waals surface area contributed by atoms with Gasteiger partial charge in [-0.3, -0.25) is 4.98 Å². The van der Waals surface area contributed by atoms with Crippen molar-refractivity contribution in [2.75, 3.05) is 0 Å². The van der Waals surface area contributed by atoms with E-state index in [4.69, 9.17) is 0 Å². The summed E-state index contributed by atoms with van der Waals surface area (Å²) in [5.74, 6) is 0. The zero-order valence-corrected chi connectivity index (χ0v) is 8.45. The van der Waals surface area contributed by atoms with Gasteiger partial charge in [0.25, 0.3) is 0 Å². The SMILES string of the molecule is OC(Cc1ccsc1)c1ccccn1. The van der Waals surface area contributed by atoms with Crippen molar-refractivity contribution in [3.8, 4) is 0 Å². The molecule has 0 aromatic carbocycles. The van der Waals surface area contributed by atoms with Crippen LogP contribution in [0.25, 0.3) is 0 Å². The quantitative estimate of drug-likeness (QED) is 0.834. The van der Waals surface area contributed by atoms with E-state index < -0.39 is 6.10 Å². The van der Waals surface area contributed by atoms with Crippen LogP contribution in [-0.4, -0.2) is 10.1 Å². The number of hydrogen-bond donors (Lipinski definition) is 1. The maximum atomic E-state index is 9.83. The van der Waals surface area contributed by atoms with Gasteiger partial charge in [-0.2, -0.15) is 11.3 Å². The Morgan fingerprint density at radius 3 is 2.93 bits per heavy atom. The number of aliphatic hydroxyl groups is 1. The van der Waals surface area contributed by atoms with Gasteiger partial charge in [-0.1, -0.05) is 6.07 Å². The van der Waals surface area contributed by atoms with E-state index in [2.05, 4.69) is 4.98 Å². The third-order valence-electron chi connectivity index (χ3n) is 2.04. The molecule has 14 heavy (non-hydrogen) atoms. The number of aromatic nitrogens is 1. The number of nitrogens with zero attached hydrogens (tertiary/aromatic N) is 1. The fourth-order valence-corrected chi connectivity index (χ4v) is 1.99. The lowest BCUT2D eigenvalue weighted by Crippen LogP contribution is -2.02. The van der Waals surface area contributed by atoms with Crippen molar-refractivity contribution >= 4 is 11.3 Å². The maximum absolute atomic E-state index is 9.83. The number of aliphatic hydroxyl groups excluding tert-OH is 1. The summed E-state index contributed by atoms with van der Waals surface area (Å²) in [4.78, 5) is 4.11. The van der Waals surface area contributed by atoms with Gasteiger partial charge < -0.3 is 5.11 Å². The lowest BCUT2D eigenvalue weighted by molar-refractivity contribution is 0.174. The zero-order chi connectivity index (χ0) is 9.80. The Balaban J connectivity index is 2.07. The molecule has 0 aliphatic rings. The molecule has 2 heterocycles. The normalized spacial score (nSPS) is 12.6. The van der Waals surface area contributed by atoms with Crippen LogP contribution in [0.5, 0.6) is 0 Å². The van der Waals surface area contributed by atoms with Gasteiger partial charge >= 0.3 is 0 Å². The summed E-state index contributed by atoms with van der Waals surface area (Å²) >= 11 is 1.65. The van der Waals surface area contributed by atoms with Crippen LogP contribution in [0, 0.1) is 0 Å². The minimum atomic E-state index is -0.495. The Kier molecular flexibility index (Phi) is 2.91. The van der Waals surface area contributed by atoms with Crippen molar-refractivity contribution in [2.24, 2.45) is 0 Å². The molecule has 0 radical (unpaired) electrons. The van der Waals surface area contributed by atoms with Gasteiger partial charge in [0.1, 0.15) is 0 Å². The monoisotopic (exact) mass is 205 g/mol. The van der Waals surface area contributed by atoms with E-state index in [1.165, 1.54) is 0 Å². The molecule has 0 saturated carbocycles. The highest BCUT2D eigenvalue weighted by Crippen LogP contribution is 2.17. The van der Waals surface area contributed by atoms with E-state index in [1.54, 1.807) is 17.5 Å². The van der Waals surface area contributed by atoms with Gasteiger partial charge in [-0.05, 0) is 34.5 Å². The predicted octanol–water partition coefficient (Wildman–Crippen LogP) is 2.42. The molecular weight excluding hydrogens is 194 g/mol. The highest BCUT2D eigenvalue weighted by molar-refractivity contribution is 7.07. The van der Waals surface area contributed by atoms with Crippen LogP contribution < -0.4 is 0 Å². The van der Waals surface area contributed by atoms with E-state index in [-0.39, 0.29) is 0 Å². The molecule has 72 valence electrons. The van der Waals surface area contributed by atoms with Gasteiger partial charge in [-0.15, -0.1) is 0 Å². The molecule has 1 atom stereocenters. The highest BCUT2D eigenvalue weighted by atomic mass is 32.1. The standard InChI is InChI=1S/C11H11NOS/c13-11(7-9-4-6-14-8-9)10-3-1-2-5-12-10/h1-6,8,11,13H,7H2. The van der Waals surface area contributed by atoms with Crippen molar-refractivity contribution in [3.63, 3.8) is 0 Å². The fourth-order valence-electron chi connectivity index (χ4n) is 1.31. The molecule has 2 aromatic rings. The van der Waals surface area contributed by atoms with Crippen molar-refractivity contribution in [1.82, 2.24) is 4.98 Å². The van der Waals surface area contributed by atoms with Gasteiger partial charge in [0.2, 0.25) is 0 Å². The fraction of sp³-hybridized carbons (Fsp3) is 0.182. The summed E-state index contributed by atoms with van der Waals surface area (Å²) in [6, 6.07) is 7.61. The number of hydrogen-bond acceptors (Lipinski definition) is 3. The van der Waals surface area contributed by atoms with Crippen molar-refractivity contribution in [2.45, 2.75) is 12.5 Å². The van der Waals surface area contributed by atoms with Crippen molar-refractivity contribution in [3.05, 3.63) is 52.5 Å². The first kappa shape index (κ1) is 9.37. The molecule has 0 aliphatic heterocycles. The number of pyridine rings is 1. The smallest absolute Gasteiger partial charge is 0.1000 e. The second-order valence-electron chi connectivity index (χ2n) is 3.11. The molecule has 0 bridgehead atoms. The van der Waals surface area contributed by atoms with Crippen LogP contribution in [0.2, 0.25) is 0 Å². The molecule has 1 unspecified atom stereocenters. The molecular formula is C11H11NOS. The average Bonchev–Trinajstić information content (AvgIpc) is 2.72. The molecule has 0 saturated heterocycles. The molecule has 0 amide bonds. The van der Waals surface area contributed by atoms with Gasteiger partial charge in [0.05, 0.1) is 11.8 Å². The molecule has 3 heteroatoms. The molecule has 0 aliphatic carbocycles. The summed E-state index contributed by atoms with van der Waals surface area (Å²) < 4.78 is 0. The zero-order valence-electron chi connectivity index (χ0n) is 7.63. The van der Waals surface area contributed by atoms with Crippen LogP contribution in [0.15, 0.2) is 41.2 Å². The topological polar surface area (TPSA) is 33.1 Å². The largest absolute Gasteiger partial charge is 0.386 e. The Morgan fingerprint density at radius 2 is 2.29 bits per heavy atom. The third-order valence-corrected chi connectivity index (χ3v) is 2.77. The summed E-state index contributed by atoms with van der Waals surface area (Å²) in [5, 5.41) is 13.9. The first-order chi connectivity index (χ1) is 6.86. The Hall–Kier alpha value is -1.19. The minimum absolute atomic E-state index is 0.495. The molecule has 1 N–H and O–H groups in total. The van der Waals surface area contributed by atoms with Crippen molar-refractivity contribution in [1.29, 1.82) is 0 Å². The molecule has 2 aromatic heterocycles. The van der Waals surface area contributed by atoms with E-state index in [9.17, 15) is 5.11 Å². The molecule has 2 rings (SSSR count). The highest BCUT2D eigenvalue weighted by Gasteiger charge is 2.08. The van der Waals surface area contributed by atoms with Crippen LogP contribution in [-0.2, 0) is 6.42 Å².